The molecule has 336 valence electrons. The van der Waals surface area contributed by atoms with Crippen molar-refractivity contribution in [1.82, 2.24) is 0 Å². The van der Waals surface area contributed by atoms with Crippen molar-refractivity contribution in [2.75, 3.05) is 39.6 Å². The molecule has 0 radical (unpaired) electrons. The zero-order valence-corrected chi connectivity index (χ0v) is 34.1. The molecule has 0 bridgehead atoms. The molecule has 0 heterocycles. The predicted molar refractivity (Wildman–Crippen MR) is 222 cm³/mol. The second-order valence-corrected chi connectivity index (χ2v) is 14.0. The first-order valence-electron chi connectivity index (χ1n) is 20.0. The first kappa shape index (κ1) is 48.2. The van der Waals surface area contributed by atoms with Gasteiger partial charge in [-0.15, -0.1) is 0 Å². The number of benzene rings is 4. The van der Waals surface area contributed by atoms with Gasteiger partial charge in [-0.2, -0.15) is 0 Å². The maximum absolute atomic E-state index is 11.4. The Bertz CT molecular complexity index is 1880. The van der Waals surface area contributed by atoms with Crippen LogP contribution in [-0.4, -0.2) is 106 Å². The molecule has 0 aliphatic carbocycles. The van der Waals surface area contributed by atoms with Crippen LogP contribution in [0.15, 0.2) is 72.8 Å². The number of rotatable bonds is 30. The van der Waals surface area contributed by atoms with E-state index in [-0.39, 0.29) is 70.4 Å². The first-order chi connectivity index (χ1) is 30.2. The highest BCUT2D eigenvalue weighted by molar-refractivity contribution is 5.96. The molecule has 18 heteroatoms. The molecule has 0 atom stereocenters. The highest BCUT2D eigenvalue weighted by Gasteiger charge is 2.15. The predicted octanol–water partition coefficient (Wildman–Crippen LogP) is 7.76. The summed E-state index contributed by atoms with van der Waals surface area (Å²) in [4.78, 5) is 68.2. The summed E-state index contributed by atoms with van der Waals surface area (Å²) in [5.41, 5.74) is -1.14. The number of ether oxygens (including phenoxy) is 6. The molecule has 0 fully saturated rings. The Kier molecular flexibility index (Phi) is 18.9. The molecule has 0 aliphatic rings. The van der Waals surface area contributed by atoms with E-state index >= 15 is 0 Å². The maximum Gasteiger partial charge on any atom is 0.335 e. The van der Waals surface area contributed by atoms with E-state index in [4.69, 9.17) is 28.4 Å². The van der Waals surface area contributed by atoms with E-state index in [1.807, 2.05) is 0 Å². The van der Waals surface area contributed by atoms with Crippen LogP contribution >= 0.6 is 0 Å². The smallest absolute Gasteiger partial charge is 0.335 e. The van der Waals surface area contributed by atoms with E-state index in [1.165, 1.54) is 36.4 Å². The quantitative estimate of drug-likeness (QED) is 0.0273. The average molecular weight is 877 g/mol. The largest absolute Gasteiger partial charge is 0.494 e. The maximum atomic E-state index is 11.4. The van der Waals surface area contributed by atoms with E-state index in [0.717, 1.165) is 18.2 Å². The monoisotopic (exact) mass is 876 g/mol. The number of carboxylic acid groups (broad SMARTS) is 6. The van der Waals surface area contributed by atoms with Gasteiger partial charge in [0.1, 0.15) is 34.5 Å². The average Bonchev–Trinajstić information content (AvgIpc) is 3.24. The van der Waals surface area contributed by atoms with Crippen LogP contribution in [0.1, 0.15) is 120 Å². The molecule has 63 heavy (non-hydrogen) atoms. The van der Waals surface area contributed by atoms with Crippen molar-refractivity contribution in [2.45, 2.75) is 57.8 Å². The van der Waals surface area contributed by atoms with Crippen molar-refractivity contribution in [2.24, 2.45) is 0 Å². The van der Waals surface area contributed by atoms with E-state index in [1.54, 1.807) is 18.2 Å². The lowest BCUT2D eigenvalue weighted by Crippen LogP contribution is -2.06. The second kappa shape index (κ2) is 24.7. The Morgan fingerprint density at radius 1 is 0.254 bits per heavy atom. The van der Waals surface area contributed by atoms with Crippen LogP contribution in [0.5, 0.6) is 34.5 Å². The van der Waals surface area contributed by atoms with E-state index in [9.17, 15) is 59.4 Å². The van der Waals surface area contributed by atoms with Gasteiger partial charge in [-0.3, -0.25) is 0 Å². The third kappa shape index (κ3) is 16.8. The number of hydrogen-bond acceptors (Lipinski definition) is 12. The third-order valence-corrected chi connectivity index (χ3v) is 9.03. The molecule has 0 saturated carbocycles. The zero-order chi connectivity index (χ0) is 45.7. The summed E-state index contributed by atoms with van der Waals surface area (Å²) in [6.07, 6.45) is 5.76. The van der Waals surface area contributed by atoms with Crippen molar-refractivity contribution in [3.8, 4) is 34.5 Å². The van der Waals surface area contributed by atoms with Crippen LogP contribution < -0.4 is 28.4 Å². The number of unbranched alkanes of at least 4 members (excludes halogenated alkanes) is 6. The van der Waals surface area contributed by atoms with Gasteiger partial charge in [-0.25, -0.2) is 28.8 Å². The summed E-state index contributed by atoms with van der Waals surface area (Å²) in [7, 11) is 0. The Labute approximate surface area is 361 Å². The molecule has 0 spiro atoms. The van der Waals surface area contributed by atoms with Gasteiger partial charge in [-0.05, 0) is 112 Å². The van der Waals surface area contributed by atoms with Gasteiger partial charge in [0.25, 0.3) is 0 Å². The van der Waals surface area contributed by atoms with Crippen LogP contribution in [0, 0.1) is 0 Å². The fraction of sp³-hybridized carbons (Fsp3) is 0.333. The third-order valence-electron chi connectivity index (χ3n) is 9.03. The van der Waals surface area contributed by atoms with Crippen molar-refractivity contribution >= 4 is 35.8 Å². The minimum Gasteiger partial charge on any atom is -0.494 e. The Morgan fingerprint density at radius 3 is 0.571 bits per heavy atom. The fourth-order valence-electron chi connectivity index (χ4n) is 5.87. The zero-order valence-electron chi connectivity index (χ0n) is 34.1. The van der Waals surface area contributed by atoms with Gasteiger partial charge < -0.3 is 59.1 Å². The molecule has 4 aromatic carbocycles. The van der Waals surface area contributed by atoms with Crippen molar-refractivity contribution in [1.29, 1.82) is 0 Å². The molecule has 6 N–H and O–H groups in total. The van der Waals surface area contributed by atoms with Gasteiger partial charge >= 0.3 is 35.8 Å². The lowest BCUT2D eigenvalue weighted by molar-refractivity contribution is 0.0675. The summed E-state index contributed by atoms with van der Waals surface area (Å²) in [5.74, 6) is -5.65. The van der Waals surface area contributed by atoms with Crippen molar-refractivity contribution in [3.05, 3.63) is 106 Å². The van der Waals surface area contributed by atoms with Gasteiger partial charge in [0.05, 0.1) is 73.0 Å². The molecule has 0 unspecified atom stereocenters. The molecule has 4 rings (SSSR count). The minimum absolute atomic E-state index is 0.147. The number of aromatic carboxylic acids is 6. The molecule has 0 aromatic heterocycles. The van der Waals surface area contributed by atoms with Crippen LogP contribution in [0.2, 0.25) is 0 Å². The summed E-state index contributed by atoms with van der Waals surface area (Å²) in [6, 6.07) is 16.0. The van der Waals surface area contributed by atoms with Gasteiger partial charge in [0, 0.05) is 18.2 Å². The number of carbonyl (C=O) groups is 6. The summed E-state index contributed by atoms with van der Waals surface area (Å²) < 4.78 is 34.9. The summed E-state index contributed by atoms with van der Waals surface area (Å²) in [5, 5.41) is 55.7. The van der Waals surface area contributed by atoms with Crippen LogP contribution in [0.4, 0.5) is 0 Å². The van der Waals surface area contributed by atoms with Crippen LogP contribution in [0.3, 0.4) is 0 Å². The Morgan fingerprint density at radius 2 is 0.413 bits per heavy atom. The molecule has 4 aromatic rings. The highest BCUT2D eigenvalue weighted by Crippen LogP contribution is 2.29. The molecule has 0 aliphatic heterocycles. The van der Waals surface area contributed by atoms with Crippen LogP contribution in [0.25, 0.3) is 0 Å². The van der Waals surface area contributed by atoms with Crippen molar-refractivity contribution in [3.63, 3.8) is 0 Å². The van der Waals surface area contributed by atoms with E-state index in [0.29, 0.717) is 94.9 Å². The topological polar surface area (TPSA) is 279 Å². The van der Waals surface area contributed by atoms with Gasteiger partial charge in [0.15, 0.2) is 0 Å². The van der Waals surface area contributed by atoms with E-state index < -0.39 is 35.8 Å². The fourth-order valence-corrected chi connectivity index (χ4v) is 5.87. The SMILES string of the molecule is O=C(O)c1cc(OCCCCCOc2cc(OCCCCCOc3cc(C(=O)O)cc(C(=O)O)c3)cc(OCCCCCOc3cc(C(=O)O)cc(C(=O)O)c3)c2)cc(C(=O)O)c1. The molecule has 18 nitrogen and oxygen atoms in total. The Hall–Kier alpha value is -7.50. The minimum atomic E-state index is -1.27. The summed E-state index contributed by atoms with van der Waals surface area (Å²) in [6.45, 7) is 1.71. The molecular formula is C45H48O18. The van der Waals surface area contributed by atoms with Gasteiger partial charge in [0.2, 0.25) is 0 Å². The number of carboxylic acids is 6. The van der Waals surface area contributed by atoms with E-state index in [2.05, 4.69) is 0 Å². The normalized spacial score (nSPS) is 10.7. The number of hydrogen-bond donors (Lipinski definition) is 6. The lowest BCUT2D eigenvalue weighted by atomic mass is 10.1. The molecular weight excluding hydrogens is 828 g/mol. The lowest BCUT2D eigenvalue weighted by Gasteiger charge is -2.14. The summed E-state index contributed by atoms with van der Waals surface area (Å²) >= 11 is 0. The van der Waals surface area contributed by atoms with Gasteiger partial charge in [-0.1, -0.05) is 0 Å². The second-order valence-electron chi connectivity index (χ2n) is 14.0. The van der Waals surface area contributed by atoms with Crippen LogP contribution in [-0.2, 0) is 0 Å². The first-order valence-corrected chi connectivity index (χ1v) is 20.0. The molecule has 0 saturated heterocycles. The Balaban J connectivity index is 1.25. The van der Waals surface area contributed by atoms with Crippen molar-refractivity contribution < 1.29 is 87.8 Å². The molecule has 0 amide bonds. The standard InChI is InChI=1S/C45H48O18/c46-40(47)28-16-29(41(48)49)20-34(19-28)58-10-4-1-7-13-61-37-25-38(62-14-8-2-5-11-59-35-21-30(42(50)51)17-31(22-35)43(52)53)27-39(26-37)63-15-9-3-6-12-60-36-23-32(44(54)55)18-33(24-36)45(56)57/h16-27H,1-15H2,(H,46,47)(H,48,49)(H,50,51)(H,52,53)(H,54,55)(H,56,57). The highest BCUT2D eigenvalue weighted by atomic mass is 16.5.